The minimum atomic E-state index is 0.196. The Morgan fingerprint density at radius 1 is 1.27 bits per heavy atom. The van der Waals surface area contributed by atoms with Crippen molar-refractivity contribution in [3.8, 4) is 0 Å². The second kappa shape index (κ2) is 5.40. The lowest BCUT2D eigenvalue weighted by atomic mass is 9.78. The summed E-state index contributed by atoms with van der Waals surface area (Å²) in [5, 5.41) is 0. The Bertz CT molecular complexity index is 581. The van der Waals surface area contributed by atoms with Crippen molar-refractivity contribution < 1.29 is 4.79 Å². The number of nitrogens with zero attached hydrogens (tertiary/aromatic N) is 1. The van der Waals surface area contributed by atoms with Gasteiger partial charge in [0.1, 0.15) is 0 Å². The molecule has 4 rings (SSSR count). The molecule has 1 saturated carbocycles. The first-order valence-electron chi connectivity index (χ1n) is 9.15. The molecule has 118 valence electrons. The van der Waals surface area contributed by atoms with E-state index in [1.54, 1.807) is 0 Å². The predicted octanol–water partition coefficient (Wildman–Crippen LogP) is 4.07. The van der Waals surface area contributed by atoms with Gasteiger partial charge in [-0.2, -0.15) is 0 Å². The lowest BCUT2D eigenvalue weighted by molar-refractivity contribution is -0.136. The van der Waals surface area contributed by atoms with Crippen molar-refractivity contribution >= 4 is 5.91 Å². The van der Waals surface area contributed by atoms with Crippen LogP contribution in [0.2, 0.25) is 0 Å². The van der Waals surface area contributed by atoms with Gasteiger partial charge in [-0.05, 0) is 62.5 Å². The summed E-state index contributed by atoms with van der Waals surface area (Å²) < 4.78 is 0. The Balaban J connectivity index is 1.58. The number of fused-ring (bicyclic) bond motifs is 2. The first-order valence-corrected chi connectivity index (χ1v) is 9.15. The summed E-state index contributed by atoms with van der Waals surface area (Å²) in [6.45, 7) is 3.22. The number of carbonyl (C=O) groups excluding carboxylic acids is 1. The first kappa shape index (κ1) is 14.3. The van der Waals surface area contributed by atoms with Crippen molar-refractivity contribution in [1.82, 2.24) is 4.90 Å². The van der Waals surface area contributed by atoms with Crippen LogP contribution in [0.15, 0.2) is 24.3 Å². The monoisotopic (exact) mass is 297 g/mol. The van der Waals surface area contributed by atoms with Crippen LogP contribution >= 0.6 is 0 Å². The number of hydrogen-bond donors (Lipinski definition) is 0. The molecular weight excluding hydrogens is 270 g/mol. The fourth-order valence-corrected chi connectivity index (χ4v) is 5.07. The quantitative estimate of drug-likeness (QED) is 0.805. The van der Waals surface area contributed by atoms with Crippen LogP contribution in [0.25, 0.3) is 0 Å². The third-order valence-electron chi connectivity index (χ3n) is 6.38. The van der Waals surface area contributed by atoms with Crippen molar-refractivity contribution in [3.63, 3.8) is 0 Å². The van der Waals surface area contributed by atoms with Crippen molar-refractivity contribution in [2.45, 2.75) is 69.7 Å². The van der Waals surface area contributed by atoms with Gasteiger partial charge < -0.3 is 4.90 Å². The third kappa shape index (κ3) is 2.11. The van der Waals surface area contributed by atoms with Crippen molar-refractivity contribution in [2.24, 2.45) is 5.92 Å². The average Bonchev–Trinajstić information content (AvgIpc) is 3.29. The normalized spacial score (nSPS) is 33.6. The first-order chi connectivity index (χ1) is 10.8. The van der Waals surface area contributed by atoms with Crippen LogP contribution in [0, 0.1) is 5.92 Å². The molecule has 2 aliphatic carbocycles. The van der Waals surface area contributed by atoms with Crippen LogP contribution in [-0.4, -0.2) is 23.4 Å². The molecule has 2 fully saturated rings. The van der Waals surface area contributed by atoms with Crippen LogP contribution in [0.4, 0.5) is 0 Å². The largest absolute Gasteiger partial charge is 0.339 e. The summed E-state index contributed by atoms with van der Waals surface area (Å²) in [6.07, 6.45) is 9.55. The Labute approximate surface area is 133 Å². The number of benzene rings is 1. The lowest BCUT2D eigenvalue weighted by Gasteiger charge is -2.36. The lowest BCUT2D eigenvalue weighted by Crippen LogP contribution is -2.45. The van der Waals surface area contributed by atoms with Gasteiger partial charge in [0.15, 0.2) is 0 Å². The molecule has 1 spiro atoms. The summed E-state index contributed by atoms with van der Waals surface area (Å²) >= 11 is 0. The molecule has 1 amide bonds. The van der Waals surface area contributed by atoms with E-state index < -0.39 is 0 Å². The van der Waals surface area contributed by atoms with Crippen LogP contribution in [0.1, 0.15) is 63.0 Å². The highest BCUT2D eigenvalue weighted by Gasteiger charge is 2.61. The molecule has 22 heavy (non-hydrogen) atoms. The fourth-order valence-electron chi connectivity index (χ4n) is 5.07. The van der Waals surface area contributed by atoms with Crippen LogP contribution < -0.4 is 0 Å². The summed E-state index contributed by atoms with van der Waals surface area (Å²) in [4.78, 5) is 15.4. The van der Waals surface area contributed by atoms with Crippen molar-refractivity contribution in [2.75, 3.05) is 6.54 Å². The molecular formula is C20H27NO. The Hall–Kier alpha value is -1.31. The molecule has 3 atom stereocenters. The molecule has 1 aromatic rings. The van der Waals surface area contributed by atoms with Gasteiger partial charge in [-0.15, -0.1) is 0 Å². The summed E-state index contributed by atoms with van der Waals surface area (Å²) in [5.41, 5.74) is 3.18. The zero-order valence-corrected chi connectivity index (χ0v) is 13.7. The van der Waals surface area contributed by atoms with Crippen molar-refractivity contribution in [3.05, 3.63) is 35.4 Å². The number of hydrogen-bond acceptors (Lipinski definition) is 1. The maximum atomic E-state index is 13.1. The van der Waals surface area contributed by atoms with Crippen molar-refractivity contribution in [1.29, 1.82) is 0 Å². The highest BCUT2D eigenvalue weighted by molar-refractivity contribution is 5.85. The highest BCUT2D eigenvalue weighted by Crippen LogP contribution is 2.61. The van der Waals surface area contributed by atoms with E-state index in [1.807, 2.05) is 0 Å². The molecule has 2 nitrogen and oxygen atoms in total. The number of rotatable bonds is 2. The second-order valence-corrected chi connectivity index (χ2v) is 7.51. The van der Waals surface area contributed by atoms with Gasteiger partial charge in [0.05, 0.1) is 0 Å². The molecule has 0 unspecified atom stereocenters. The maximum Gasteiger partial charge on any atom is 0.226 e. The van der Waals surface area contributed by atoms with Gasteiger partial charge in [-0.25, -0.2) is 0 Å². The second-order valence-electron chi connectivity index (χ2n) is 7.51. The summed E-state index contributed by atoms with van der Waals surface area (Å²) in [5.74, 6) is 0.726. The van der Waals surface area contributed by atoms with Gasteiger partial charge in [0, 0.05) is 23.9 Å². The van der Waals surface area contributed by atoms with Gasteiger partial charge in [-0.3, -0.25) is 4.79 Å². The van der Waals surface area contributed by atoms with E-state index in [0.717, 1.165) is 19.4 Å². The Morgan fingerprint density at radius 2 is 2.14 bits per heavy atom. The van der Waals surface area contributed by atoms with Gasteiger partial charge in [-0.1, -0.05) is 31.2 Å². The molecule has 3 aliphatic rings. The number of amides is 1. The van der Waals surface area contributed by atoms with Gasteiger partial charge in [0.25, 0.3) is 0 Å². The molecule has 0 aromatic heterocycles. The van der Waals surface area contributed by atoms with E-state index >= 15 is 0 Å². The molecule has 0 bridgehead atoms. The number of carbonyl (C=O) groups is 1. The van der Waals surface area contributed by atoms with E-state index in [2.05, 4.69) is 36.1 Å². The van der Waals surface area contributed by atoms with E-state index in [9.17, 15) is 4.79 Å². The smallest absolute Gasteiger partial charge is 0.226 e. The van der Waals surface area contributed by atoms with Crippen LogP contribution in [-0.2, 0) is 16.6 Å². The average molecular weight is 297 g/mol. The summed E-state index contributed by atoms with van der Waals surface area (Å²) in [7, 11) is 0. The minimum absolute atomic E-state index is 0.196. The van der Waals surface area contributed by atoms with E-state index in [4.69, 9.17) is 0 Å². The van der Waals surface area contributed by atoms with Crippen LogP contribution in [0.3, 0.4) is 0 Å². The Kier molecular flexibility index (Phi) is 3.51. The molecule has 1 aromatic carbocycles. The Morgan fingerprint density at radius 3 is 3.00 bits per heavy atom. The third-order valence-corrected chi connectivity index (χ3v) is 6.38. The summed E-state index contributed by atoms with van der Waals surface area (Å²) in [6, 6.07) is 9.36. The molecule has 1 saturated heterocycles. The SMILES string of the molecule is CC[C@@H]1CCCCN1C(=O)[C@@H]1C[C@@]12CCCc1ccccc12. The topological polar surface area (TPSA) is 20.3 Å². The highest BCUT2D eigenvalue weighted by atomic mass is 16.2. The molecule has 2 heteroatoms. The number of likely N-dealkylation sites (tertiary alicyclic amines) is 1. The number of aryl methyl sites for hydroxylation is 1. The van der Waals surface area contributed by atoms with E-state index in [0.29, 0.717) is 11.9 Å². The van der Waals surface area contributed by atoms with Gasteiger partial charge >= 0.3 is 0 Å². The molecule has 1 heterocycles. The number of piperidine rings is 1. The zero-order chi connectivity index (χ0) is 15.2. The molecule has 0 N–H and O–H groups in total. The van der Waals surface area contributed by atoms with Crippen LogP contribution in [0.5, 0.6) is 0 Å². The van der Waals surface area contributed by atoms with E-state index in [-0.39, 0.29) is 11.3 Å². The van der Waals surface area contributed by atoms with E-state index in [1.165, 1.54) is 49.7 Å². The molecule has 1 aliphatic heterocycles. The fraction of sp³-hybridized carbons (Fsp3) is 0.650. The maximum absolute atomic E-state index is 13.1. The predicted molar refractivity (Wildman–Crippen MR) is 88.8 cm³/mol. The van der Waals surface area contributed by atoms with Gasteiger partial charge in [0.2, 0.25) is 5.91 Å². The molecule has 0 radical (unpaired) electrons. The zero-order valence-electron chi connectivity index (χ0n) is 13.7. The minimum Gasteiger partial charge on any atom is -0.339 e. The standard InChI is InChI=1S/C20H27NO/c1-2-16-10-5-6-13-21(16)19(22)18-14-20(18)12-7-9-15-8-3-4-11-17(15)20/h3-4,8,11,16,18H,2,5-7,9-10,12-14H2,1H3/t16-,18+,20-/m1/s1.